The third-order valence-electron chi connectivity index (χ3n) is 6.09. The lowest BCUT2D eigenvalue weighted by Gasteiger charge is -2.47. The van der Waals surface area contributed by atoms with Gasteiger partial charge in [0.1, 0.15) is 6.04 Å². The molecule has 6 nitrogen and oxygen atoms in total. The van der Waals surface area contributed by atoms with Crippen molar-refractivity contribution in [3.63, 3.8) is 0 Å². The highest BCUT2D eigenvalue weighted by Crippen LogP contribution is 2.42. The van der Waals surface area contributed by atoms with Gasteiger partial charge in [0.25, 0.3) is 0 Å². The minimum absolute atomic E-state index is 0.00954. The lowest BCUT2D eigenvalue weighted by atomic mass is 9.86. The number of hydrogen-bond donors (Lipinski definition) is 1. The van der Waals surface area contributed by atoms with Gasteiger partial charge < -0.3 is 19.5 Å². The fourth-order valence-corrected chi connectivity index (χ4v) is 4.97. The molecule has 154 valence electrons. The average molecular weight is 468 g/mol. The summed E-state index contributed by atoms with van der Waals surface area (Å²) < 4.78 is 6.11. The maximum absolute atomic E-state index is 13.4. The van der Waals surface area contributed by atoms with E-state index in [-0.39, 0.29) is 24.4 Å². The summed E-state index contributed by atoms with van der Waals surface area (Å²) in [7, 11) is 1.60. The van der Waals surface area contributed by atoms with E-state index in [1.165, 1.54) is 0 Å². The third kappa shape index (κ3) is 3.04. The number of fused-ring (bicyclic) bond motifs is 4. The average Bonchev–Trinajstić information content (AvgIpc) is 3.13. The van der Waals surface area contributed by atoms with E-state index in [1.54, 1.807) is 16.9 Å². The Balaban J connectivity index is 1.66. The van der Waals surface area contributed by atoms with Crippen LogP contribution in [0.3, 0.4) is 0 Å². The Morgan fingerprint density at radius 3 is 2.67 bits per heavy atom. The van der Waals surface area contributed by atoms with Crippen LogP contribution in [0.1, 0.15) is 22.9 Å². The van der Waals surface area contributed by atoms with E-state index in [1.807, 2.05) is 42.5 Å². The first kappa shape index (κ1) is 19.3. The molecule has 0 radical (unpaired) electrons. The number of amides is 2. The van der Waals surface area contributed by atoms with Crippen LogP contribution < -0.4 is 0 Å². The van der Waals surface area contributed by atoms with Crippen LogP contribution in [-0.4, -0.2) is 59.4 Å². The Hall–Kier alpha value is -2.64. The fourth-order valence-electron chi connectivity index (χ4n) is 4.71. The Morgan fingerprint density at radius 2 is 1.90 bits per heavy atom. The second-order valence-electron chi connectivity index (χ2n) is 7.79. The molecule has 3 heterocycles. The van der Waals surface area contributed by atoms with Crippen molar-refractivity contribution >= 4 is 38.6 Å². The number of carbonyl (C=O) groups is 2. The number of rotatable bonds is 4. The van der Waals surface area contributed by atoms with Gasteiger partial charge in [0.2, 0.25) is 11.8 Å². The number of carbonyl (C=O) groups excluding carboxylic acids is 2. The van der Waals surface area contributed by atoms with Gasteiger partial charge in [-0.2, -0.15) is 0 Å². The number of H-pyrrole nitrogens is 1. The number of methoxy groups -OCH3 is 1. The largest absolute Gasteiger partial charge is 0.383 e. The van der Waals surface area contributed by atoms with E-state index in [0.717, 1.165) is 32.2 Å². The Bertz CT molecular complexity index is 1120. The van der Waals surface area contributed by atoms with E-state index in [0.29, 0.717) is 19.6 Å². The first-order valence-corrected chi connectivity index (χ1v) is 10.8. The van der Waals surface area contributed by atoms with Crippen LogP contribution >= 0.6 is 15.9 Å². The van der Waals surface area contributed by atoms with Gasteiger partial charge in [-0.3, -0.25) is 9.59 Å². The molecule has 1 fully saturated rings. The van der Waals surface area contributed by atoms with Crippen molar-refractivity contribution in [1.29, 1.82) is 0 Å². The predicted octanol–water partition coefficient (Wildman–Crippen LogP) is 3.26. The molecule has 7 heteroatoms. The number of aromatic nitrogens is 1. The minimum atomic E-state index is -0.511. The summed E-state index contributed by atoms with van der Waals surface area (Å²) in [6, 6.07) is 15.3. The maximum Gasteiger partial charge on any atom is 0.246 e. The zero-order valence-electron chi connectivity index (χ0n) is 16.6. The fraction of sp³-hybridized carbons (Fsp3) is 0.304. The van der Waals surface area contributed by atoms with Gasteiger partial charge in [-0.05, 0) is 29.3 Å². The number of piperazine rings is 1. The van der Waals surface area contributed by atoms with Crippen LogP contribution in [0.5, 0.6) is 0 Å². The highest BCUT2D eigenvalue weighted by Gasteiger charge is 2.48. The van der Waals surface area contributed by atoms with Crippen LogP contribution in [0.2, 0.25) is 0 Å². The summed E-state index contributed by atoms with van der Waals surface area (Å²) >= 11 is 3.49. The first-order chi connectivity index (χ1) is 14.6. The molecule has 2 unspecified atom stereocenters. The second kappa shape index (κ2) is 7.56. The van der Waals surface area contributed by atoms with Crippen molar-refractivity contribution < 1.29 is 14.3 Å². The van der Waals surface area contributed by atoms with Gasteiger partial charge >= 0.3 is 0 Å². The smallest absolute Gasteiger partial charge is 0.246 e. The summed E-state index contributed by atoms with van der Waals surface area (Å²) in [5.41, 5.74) is 4.14. The van der Waals surface area contributed by atoms with Gasteiger partial charge in [0.15, 0.2) is 0 Å². The topological polar surface area (TPSA) is 65.6 Å². The van der Waals surface area contributed by atoms with Crippen LogP contribution in [0.15, 0.2) is 53.0 Å². The van der Waals surface area contributed by atoms with Gasteiger partial charge in [-0.25, -0.2) is 0 Å². The molecule has 1 saturated heterocycles. The van der Waals surface area contributed by atoms with Crippen molar-refractivity contribution in [3.8, 4) is 0 Å². The zero-order valence-corrected chi connectivity index (χ0v) is 18.2. The molecule has 3 aromatic rings. The molecular formula is C23H22BrN3O3. The molecule has 0 spiro atoms. The maximum atomic E-state index is 13.4. The molecule has 2 atom stereocenters. The molecular weight excluding hydrogens is 446 g/mol. The summed E-state index contributed by atoms with van der Waals surface area (Å²) in [5.74, 6) is -0.0439. The molecule has 0 bridgehead atoms. The SMILES string of the molecule is COCCN1CC(=O)N2C(Cc3c([nH]c4ccccc34)C2c2ccc(Br)cc2)C1=O. The molecule has 1 aromatic heterocycles. The lowest BCUT2D eigenvalue weighted by molar-refractivity contribution is -0.159. The zero-order chi connectivity index (χ0) is 20.8. The molecule has 2 aromatic carbocycles. The molecule has 0 aliphatic carbocycles. The highest BCUT2D eigenvalue weighted by atomic mass is 79.9. The molecule has 30 heavy (non-hydrogen) atoms. The lowest BCUT2D eigenvalue weighted by Crippen LogP contribution is -2.63. The molecule has 2 aliphatic heterocycles. The van der Waals surface area contributed by atoms with Crippen LogP contribution in [-0.2, 0) is 20.7 Å². The summed E-state index contributed by atoms with van der Waals surface area (Å²) in [5, 5.41) is 1.11. The van der Waals surface area contributed by atoms with E-state index < -0.39 is 6.04 Å². The van der Waals surface area contributed by atoms with Gasteiger partial charge in [-0.1, -0.05) is 46.3 Å². The molecule has 5 rings (SSSR count). The Kier molecular flexibility index (Phi) is 4.87. The van der Waals surface area contributed by atoms with E-state index >= 15 is 0 Å². The van der Waals surface area contributed by atoms with Crippen molar-refractivity contribution in [3.05, 3.63) is 69.8 Å². The normalized spacial score (nSPS) is 21.1. The second-order valence-corrected chi connectivity index (χ2v) is 8.71. The first-order valence-electron chi connectivity index (χ1n) is 10.0. The minimum Gasteiger partial charge on any atom is -0.383 e. The molecule has 2 amide bonds. The number of para-hydroxylation sites is 1. The molecule has 0 saturated carbocycles. The monoisotopic (exact) mass is 467 g/mol. The molecule has 1 N–H and O–H groups in total. The Morgan fingerprint density at radius 1 is 1.13 bits per heavy atom. The summed E-state index contributed by atoms with van der Waals surface area (Å²) in [6.07, 6.45) is 0.514. The van der Waals surface area contributed by atoms with Crippen molar-refractivity contribution in [2.45, 2.75) is 18.5 Å². The Labute approximate surface area is 182 Å². The number of halogens is 1. The van der Waals surface area contributed by atoms with Gasteiger partial charge in [0.05, 0.1) is 19.2 Å². The van der Waals surface area contributed by atoms with E-state index in [9.17, 15) is 9.59 Å². The van der Waals surface area contributed by atoms with Crippen LogP contribution in [0.4, 0.5) is 0 Å². The van der Waals surface area contributed by atoms with Crippen LogP contribution in [0, 0.1) is 0 Å². The van der Waals surface area contributed by atoms with Gasteiger partial charge in [-0.15, -0.1) is 0 Å². The highest BCUT2D eigenvalue weighted by molar-refractivity contribution is 9.10. The van der Waals surface area contributed by atoms with E-state index in [2.05, 4.69) is 27.0 Å². The third-order valence-corrected chi connectivity index (χ3v) is 6.62. The number of ether oxygens (including phenoxy) is 1. The molecule has 2 aliphatic rings. The van der Waals surface area contributed by atoms with E-state index in [4.69, 9.17) is 4.74 Å². The van der Waals surface area contributed by atoms with Crippen molar-refractivity contribution in [2.75, 3.05) is 26.8 Å². The van der Waals surface area contributed by atoms with Gasteiger partial charge in [0, 0.05) is 41.1 Å². The number of hydrogen-bond acceptors (Lipinski definition) is 3. The summed E-state index contributed by atoms with van der Waals surface area (Å²) in [4.78, 5) is 33.6. The summed E-state index contributed by atoms with van der Waals surface area (Å²) in [6.45, 7) is 0.927. The quantitative estimate of drug-likeness (QED) is 0.640. The standard InChI is InChI=1S/C23H22BrN3O3/c1-30-11-10-26-13-20(28)27-19(23(26)29)12-17-16-4-2-3-5-18(16)25-21(17)22(27)14-6-8-15(24)9-7-14/h2-9,19,22,25H,10-13H2,1H3. The number of nitrogens with zero attached hydrogens (tertiary/aromatic N) is 2. The predicted molar refractivity (Wildman–Crippen MR) is 117 cm³/mol. The number of aromatic amines is 1. The van der Waals surface area contributed by atoms with Crippen molar-refractivity contribution in [1.82, 2.24) is 14.8 Å². The number of nitrogens with one attached hydrogen (secondary N) is 1. The number of benzene rings is 2. The van der Waals surface area contributed by atoms with Crippen molar-refractivity contribution in [2.24, 2.45) is 0 Å². The van der Waals surface area contributed by atoms with Crippen LogP contribution in [0.25, 0.3) is 10.9 Å².